The zero-order valence-electron chi connectivity index (χ0n) is 7.37. The SMILES string of the molecule is CC(C)NC1(C(=O)O)CC1CO. The van der Waals surface area contributed by atoms with Crippen LogP contribution < -0.4 is 5.32 Å². The molecule has 2 unspecified atom stereocenters. The van der Waals surface area contributed by atoms with Gasteiger partial charge in [-0.15, -0.1) is 0 Å². The van der Waals surface area contributed by atoms with Crippen molar-refractivity contribution in [1.82, 2.24) is 5.32 Å². The molecule has 70 valence electrons. The standard InChI is InChI=1S/C8H15NO3/c1-5(2)9-8(7(11)12)3-6(8)4-10/h5-6,9-10H,3-4H2,1-2H3,(H,11,12). The Kier molecular flexibility index (Phi) is 2.39. The van der Waals surface area contributed by atoms with Crippen molar-refractivity contribution in [2.45, 2.75) is 31.8 Å². The van der Waals surface area contributed by atoms with Gasteiger partial charge in [0.2, 0.25) is 0 Å². The van der Waals surface area contributed by atoms with E-state index in [1.807, 2.05) is 13.8 Å². The van der Waals surface area contributed by atoms with Crippen LogP contribution in [0.4, 0.5) is 0 Å². The highest BCUT2D eigenvalue weighted by atomic mass is 16.4. The lowest BCUT2D eigenvalue weighted by molar-refractivity contribution is -0.141. The number of carboxylic acids is 1. The first-order chi connectivity index (χ1) is 5.53. The molecule has 1 saturated carbocycles. The third kappa shape index (κ3) is 1.44. The van der Waals surface area contributed by atoms with E-state index in [2.05, 4.69) is 5.32 Å². The second-order valence-corrected chi connectivity index (χ2v) is 3.66. The van der Waals surface area contributed by atoms with E-state index >= 15 is 0 Å². The van der Waals surface area contributed by atoms with Crippen LogP contribution in [0.15, 0.2) is 0 Å². The van der Waals surface area contributed by atoms with Gasteiger partial charge >= 0.3 is 5.97 Å². The summed E-state index contributed by atoms with van der Waals surface area (Å²) in [5.74, 6) is -0.965. The predicted octanol–water partition coefficient (Wildman–Crippen LogP) is -0.180. The van der Waals surface area contributed by atoms with Crippen LogP contribution in [0.1, 0.15) is 20.3 Å². The average molecular weight is 173 g/mol. The molecule has 0 spiro atoms. The first-order valence-corrected chi connectivity index (χ1v) is 4.15. The molecule has 0 heterocycles. The van der Waals surface area contributed by atoms with Crippen LogP contribution >= 0.6 is 0 Å². The van der Waals surface area contributed by atoms with Crippen molar-refractivity contribution >= 4 is 5.97 Å². The van der Waals surface area contributed by atoms with Gasteiger partial charge in [0.15, 0.2) is 0 Å². The predicted molar refractivity (Wildman–Crippen MR) is 43.8 cm³/mol. The Morgan fingerprint density at radius 3 is 2.58 bits per heavy atom. The number of aliphatic hydroxyl groups excluding tert-OH is 1. The molecule has 0 radical (unpaired) electrons. The monoisotopic (exact) mass is 173 g/mol. The van der Waals surface area contributed by atoms with Crippen molar-refractivity contribution in [3.63, 3.8) is 0 Å². The zero-order chi connectivity index (χ0) is 9.35. The highest BCUT2D eigenvalue weighted by Gasteiger charge is 2.60. The van der Waals surface area contributed by atoms with E-state index in [1.165, 1.54) is 0 Å². The molecular formula is C8H15NO3. The molecule has 0 bridgehead atoms. The number of hydrogen-bond acceptors (Lipinski definition) is 3. The fourth-order valence-corrected chi connectivity index (χ4v) is 1.57. The maximum absolute atomic E-state index is 10.8. The van der Waals surface area contributed by atoms with Crippen LogP contribution in [0.2, 0.25) is 0 Å². The first-order valence-electron chi connectivity index (χ1n) is 4.15. The van der Waals surface area contributed by atoms with Gasteiger partial charge in [-0.1, -0.05) is 0 Å². The van der Waals surface area contributed by atoms with E-state index in [0.717, 1.165) is 0 Å². The number of aliphatic hydroxyl groups is 1. The van der Waals surface area contributed by atoms with E-state index in [0.29, 0.717) is 6.42 Å². The molecule has 0 aromatic carbocycles. The Labute approximate surface area is 71.6 Å². The Morgan fingerprint density at radius 2 is 2.33 bits per heavy atom. The average Bonchev–Trinajstić information content (AvgIpc) is 2.62. The highest BCUT2D eigenvalue weighted by molar-refractivity contribution is 5.83. The second kappa shape index (κ2) is 3.03. The summed E-state index contributed by atoms with van der Waals surface area (Å²) >= 11 is 0. The molecule has 0 aromatic heterocycles. The molecule has 1 aliphatic rings. The summed E-state index contributed by atoms with van der Waals surface area (Å²) in [6, 6.07) is 0.137. The number of carbonyl (C=O) groups is 1. The molecule has 4 heteroatoms. The van der Waals surface area contributed by atoms with Crippen LogP contribution in [0.25, 0.3) is 0 Å². The molecule has 1 aliphatic carbocycles. The number of carboxylic acid groups (broad SMARTS) is 1. The lowest BCUT2D eigenvalue weighted by Crippen LogP contribution is -2.45. The third-order valence-electron chi connectivity index (χ3n) is 2.25. The van der Waals surface area contributed by atoms with Crippen molar-refractivity contribution in [2.75, 3.05) is 6.61 Å². The molecule has 0 aromatic rings. The molecular weight excluding hydrogens is 158 g/mol. The van der Waals surface area contributed by atoms with Gasteiger partial charge in [0.05, 0.1) is 0 Å². The van der Waals surface area contributed by atoms with Crippen molar-refractivity contribution in [1.29, 1.82) is 0 Å². The van der Waals surface area contributed by atoms with E-state index in [1.54, 1.807) is 0 Å². The minimum Gasteiger partial charge on any atom is -0.480 e. The lowest BCUT2D eigenvalue weighted by atomic mass is 10.2. The van der Waals surface area contributed by atoms with E-state index < -0.39 is 11.5 Å². The minimum atomic E-state index is -0.852. The molecule has 0 saturated heterocycles. The molecule has 0 amide bonds. The summed E-state index contributed by atoms with van der Waals surface area (Å²) in [7, 11) is 0. The van der Waals surface area contributed by atoms with E-state index in [4.69, 9.17) is 10.2 Å². The van der Waals surface area contributed by atoms with Crippen LogP contribution in [0.3, 0.4) is 0 Å². The van der Waals surface area contributed by atoms with Gasteiger partial charge in [0, 0.05) is 18.6 Å². The molecule has 3 N–H and O–H groups in total. The summed E-state index contributed by atoms with van der Waals surface area (Å²) in [5.41, 5.74) is -0.844. The number of hydrogen-bond donors (Lipinski definition) is 3. The van der Waals surface area contributed by atoms with Crippen molar-refractivity contribution in [3.8, 4) is 0 Å². The Hall–Kier alpha value is -0.610. The normalized spacial score (nSPS) is 33.8. The van der Waals surface area contributed by atoms with Gasteiger partial charge in [-0.25, -0.2) is 0 Å². The fourth-order valence-electron chi connectivity index (χ4n) is 1.57. The lowest BCUT2D eigenvalue weighted by Gasteiger charge is -2.16. The second-order valence-electron chi connectivity index (χ2n) is 3.66. The quantitative estimate of drug-likeness (QED) is 0.551. The zero-order valence-corrected chi connectivity index (χ0v) is 7.37. The Morgan fingerprint density at radius 1 is 1.75 bits per heavy atom. The molecule has 0 aliphatic heterocycles. The third-order valence-corrected chi connectivity index (χ3v) is 2.25. The molecule has 2 atom stereocenters. The summed E-state index contributed by atoms with van der Waals surface area (Å²) in [4.78, 5) is 10.8. The smallest absolute Gasteiger partial charge is 0.324 e. The van der Waals surface area contributed by atoms with Crippen LogP contribution in [-0.2, 0) is 4.79 Å². The van der Waals surface area contributed by atoms with E-state index in [9.17, 15) is 4.79 Å². The largest absolute Gasteiger partial charge is 0.480 e. The Balaban J connectivity index is 2.59. The van der Waals surface area contributed by atoms with E-state index in [-0.39, 0.29) is 18.6 Å². The number of aliphatic carboxylic acids is 1. The maximum Gasteiger partial charge on any atom is 0.324 e. The first kappa shape index (κ1) is 9.48. The summed E-state index contributed by atoms with van der Waals surface area (Å²) in [6.45, 7) is 3.75. The van der Waals surface area contributed by atoms with Crippen LogP contribution in [-0.4, -0.2) is 34.4 Å². The van der Waals surface area contributed by atoms with Gasteiger partial charge in [-0.2, -0.15) is 0 Å². The van der Waals surface area contributed by atoms with Crippen LogP contribution in [0, 0.1) is 5.92 Å². The van der Waals surface area contributed by atoms with Gasteiger partial charge in [0.25, 0.3) is 0 Å². The molecule has 4 nitrogen and oxygen atoms in total. The topological polar surface area (TPSA) is 69.6 Å². The highest BCUT2D eigenvalue weighted by Crippen LogP contribution is 2.43. The van der Waals surface area contributed by atoms with Crippen LogP contribution in [0.5, 0.6) is 0 Å². The van der Waals surface area contributed by atoms with Gasteiger partial charge in [-0.05, 0) is 20.3 Å². The van der Waals surface area contributed by atoms with Gasteiger partial charge in [-0.3, -0.25) is 10.1 Å². The molecule has 1 fully saturated rings. The summed E-state index contributed by atoms with van der Waals surface area (Å²) in [5, 5.41) is 20.7. The van der Waals surface area contributed by atoms with Gasteiger partial charge in [0.1, 0.15) is 5.54 Å². The maximum atomic E-state index is 10.8. The molecule has 1 rings (SSSR count). The number of rotatable bonds is 4. The molecule has 12 heavy (non-hydrogen) atoms. The van der Waals surface area contributed by atoms with Crippen molar-refractivity contribution in [3.05, 3.63) is 0 Å². The van der Waals surface area contributed by atoms with Crippen molar-refractivity contribution in [2.24, 2.45) is 5.92 Å². The van der Waals surface area contributed by atoms with Gasteiger partial charge < -0.3 is 10.2 Å². The Bertz CT molecular complexity index is 193. The fraction of sp³-hybridized carbons (Fsp3) is 0.875. The van der Waals surface area contributed by atoms with Crippen molar-refractivity contribution < 1.29 is 15.0 Å². The summed E-state index contributed by atoms with van der Waals surface area (Å²) in [6.07, 6.45) is 0.539. The number of nitrogens with one attached hydrogen (secondary N) is 1. The minimum absolute atomic E-state index is 0.0496. The summed E-state index contributed by atoms with van der Waals surface area (Å²) < 4.78 is 0.